The van der Waals surface area contributed by atoms with Crippen LogP contribution in [0.15, 0.2) is 18.2 Å². The van der Waals surface area contributed by atoms with Gasteiger partial charge in [-0.15, -0.1) is 0 Å². The Labute approximate surface area is 114 Å². The van der Waals surface area contributed by atoms with Gasteiger partial charge in [-0.1, -0.05) is 6.92 Å². The first kappa shape index (κ1) is 16.3. The van der Waals surface area contributed by atoms with E-state index in [1.54, 1.807) is 6.92 Å². The van der Waals surface area contributed by atoms with E-state index >= 15 is 0 Å². The number of alkyl halides is 3. The lowest BCUT2D eigenvalue weighted by molar-refractivity contribution is -0.137. The molecule has 0 bridgehead atoms. The third-order valence-corrected chi connectivity index (χ3v) is 3.85. The number of nitrogen functional groups attached to an aromatic ring is 1. The largest absolute Gasteiger partial charge is 0.416 e. The Morgan fingerprint density at radius 2 is 2.00 bits per heavy atom. The van der Waals surface area contributed by atoms with E-state index in [0.29, 0.717) is 12.5 Å². The van der Waals surface area contributed by atoms with E-state index in [2.05, 4.69) is 4.72 Å². The van der Waals surface area contributed by atoms with Crippen LogP contribution in [0.25, 0.3) is 0 Å². The molecule has 9 heteroatoms. The molecule has 112 valence electrons. The van der Waals surface area contributed by atoms with Crippen molar-refractivity contribution in [1.82, 2.24) is 0 Å². The number of hydrogen-bond donors (Lipinski definition) is 3. The first-order chi connectivity index (χ1) is 9.07. The normalized spacial score (nSPS) is 12.2. The van der Waals surface area contributed by atoms with Crippen molar-refractivity contribution in [3.05, 3.63) is 29.3 Å². The molecule has 0 aromatic heterocycles. The van der Waals surface area contributed by atoms with E-state index in [1.807, 2.05) is 0 Å². The van der Waals surface area contributed by atoms with Crippen LogP contribution < -0.4 is 10.5 Å². The van der Waals surface area contributed by atoms with Gasteiger partial charge in [0.15, 0.2) is 0 Å². The average molecular weight is 309 g/mol. The lowest BCUT2D eigenvalue weighted by Gasteiger charge is -2.14. The van der Waals surface area contributed by atoms with Gasteiger partial charge in [-0.2, -0.15) is 13.2 Å². The molecule has 0 aliphatic carbocycles. The van der Waals surface area contributed by atoms with Gasteiger partial charge in [0.1, 0.15) is 5.84 Å². The molecule has 0 radical (unpaired) electrons. The fourth-order valence-corrected chi connectivity index (χ4v) is 2.67. The zero-order chi connectivity index (χ0) is 15.6. The predicted molar refractivity (Wildman–Crippen MR) is 70.2 cm³/mol. The van der Waals surface area contributed by atoms with Gasteiger partial charge in [0.2, 0.25) is 10.0 Å². The van der Waals surface area contributed by atoms with E-state index in [-0.39, 0.29) is 17.0 Å². The smallest absolute Gasteiger partial charge is 0.384 e. The van der Waals surface area contributed by atoms with E-state index < -0.39 is 27.6 Å². The Bertz CT molecular complexity index is 612. The van der Waals surface area contributed by atoms with Crippen molar-refractivity contribution in [3.63, 3.8) is 0 Å². The Balaban J connectivity index is 3.25. The highest BCUT2D eigenvalue weighted by molar-refractivity contribution is 7.92. The molecule has 0 atom stereocenters. The molecule has 0 amide bonds. The summed E-state index contributed by atoms with van der Waals surface area (Å²) >= 11 is 0. The maximum Gasteiger partial charge on any atom is 0.416 e. The minimum Gasteiger partial charge on any atom is -0.384 e. The number of hydrogen-bond acceptors (Lipinski definition) is 3. The van der Waals surface area contributed by atoms with Gasteiger partial charge in [-0.25, -0.2) is 8.42 Å². The molecular weight excluding hydrogens is 295 g/mol. The number of sulfonamides is 1. The number of halogens is 3. The predicted octanol–water partition coefficient (Wildman–Crippen LogP) is 2.14. The topological polar surface area (TPSA) is 96.0 Å². The molecule has 0 aliphatic heterocycles. The standard InChI is InChI=1S/C11H14F3N3O2S/c1-2-5-20(18,19)17-9-4-3-7(11(12,13)14)6-8(9)10(15)16/h3-4,6,17H,2,5H2,1H3,(H3,15,16). The fourth-order valence-electron chi connectivity index (χ4n) is 1.52. The molecule has 1 aromatic rings. The first-order valence-electron chi connectivity index (χ1n) is 5.63. The SMILES string of the molecule is CCCS(=O)(=O)Nc1ccc(C(F)(F)F)cc1C(=N)N. The van der Waals surface area contributed by atoms with Crippen LogP contribution in [0.2, 0.25) is 0 Å². The molecule has 0 unspecified atom stereocenters. The van der Waals surface area contributed by atoms with Gasteiger partial charge in [0, 0.05) is 5.56 Å². The van der Waals surface area contributed by atoms with Crippen LogP contribution in [0, 0.1) is 5.41 Å². The Hall–Kier alpha value is -1.77. The van der Waals surface area contributed by atoms with Gasteiger partial charge in [-0.05, 0) is 24.6 Å². The lowest BCUT2D eigenvalue weighted by atomic mass is 10.1. The summed E-state index contributed by atoms with van der Waals surface area (Å²) in [4.78, 5) is 0. The highest BCUT2D eigenvalue weighted by Gasteiger charge is 2.31. The number of nitrogens with one attached hydrogen (secondary N) is 2. The van der Waals surface area contributed by atoms with E-state index in [4.69, 9.17) is 11.1 Å². The second-order valence-corrected chi connectivity index (χ2v) is 5.93. The van der Waals surface area contributed by atoms with Crippen molar-refractivity contribution in [2.24, 2.45) is 5.73 Å². The molecule has 0 fully saturated rings. The van der Waals surface area contributed by atoms with Crippen molar-refractivity contribution in [2.75, 3.05) is 10.5 Å². The number of amidine groups is 1. The van der Waals surface area contributed by atoms with Crippen LogP contribution in [0.5, 0.6) is 0 Å². The van der Waals surface area contributed by atoms with Crippen LogP contribution in [-0.4, -0.2) is 20.0 Å². The van der Waals surface area contributed by atoms with Crippen LogP contribution in [-0.2, 0) is 16.2 Å². The van der Waals surface area contributed by atoms with E-state index in [0.717, 1.165) is 12.1 Å². The molecule has 0 spiro atoms. The quantitative estimate of drug-likeness (QED) is 0.574. The number of anilines is 1. The summed E-state index contributed by atoms with van der Waals surface area (Å²) in [6, 6.07) is 2.33. The summed E-state index contributed by atoms with van der Waals surface area (Å²) in [5, 5.41) is 7.26. The molecular formula is C11H14F3N3O2S. The van der Waals surface area contributed by atoms with Crippen LogP contribution in [0.4, 0.5) is 18.9 Å². The number of nitrogens with two attached hydrogens (primary N) is 1. The number of benzene rings is 1. The summed E-state index contributed by atoms with van der Waals surface area (Å²) in [6.45, 7) is 1.65. The van der Waals surface area contributed by atoms with E-state index in [9.17, 15) is 21.6 Å². The average Bonchev–Trinajstić information content (AvgIpc) is 2.26. The van der Waals surface area contributed by atoms with Gasteiger partial charge in [0.05, 0.1) is 17.0 Å². The molecule has 4 N–H and O–H groups in total. The lowest BCUT2D eigenvalue weighted by Crippen LogP contribution is -2.21. The Morgan fingerprint density at radius 3 is 2.45 bits per heavy atom. The van der Waals surface area contributed by atoms with Gasteiger partial charge in [0.25, 0.3) is 0 Å². The van der Waals surface area contributed by atoms with Gasteiger partial charge >= 0.3 is 6.18 Å². The molecule has 1 rings (SSSR count). The molecule has 20 heavy (non-hydrogen) atoms. The molecule has 0 aliphatic rings. The fraction of sp³-hybridized carbons (Fsp3) is 0.364. The summed E-state index contributed by atoms with van der Waals surface area (Å²) in [7, 11) is -3.67. The van der Waals surface area contributed by atoms with Gasteiger partial charge in [-0.3, -0.25) is 10.1 Å². The van der Waals surface area contributed by atoms with Crippen molar-refractivity contribution in [2.45, 2.75) is 19.5 Å². The third-order valence-electron chi connectivity index (χ3n) is 2.38. The third kappa shape index (κ3) is 4.12. The molecule has 0 saturated carbocycles. The second-order valence-electron chi connectivity index (χ2n) is 4.09. The molecule has 1 aromatic carbocycles. The van der Waals surface area contributed by atoms with Crippen LogP contribution >= 0.6 is 0 Å². The zero-order valence-electron chi connectivity index (χ0n) is 10.6. The summed E-state index contributed by atoms with van der Waals surface area (Å²) < 4.78 is 63.1. The molecule has 5 nitrogen and oxygen atoms in total. The minimum absolute atomic E-state index is 0.140. The van der Waals surface area contributed by atoms with Crippen molar-refractivity contribution in [1.29, 1.82) is 5.41 Å². The monoisotopic (exact) mass is 309 g/mol. The van der Waals surface area contributed by atoms with Crippen LogP contribution in [0.3, 0.4) is 0 Å². The summed E-state index contributed by atoms with van der Waals surface area (Å²) in [5.41, 5.74) is 3.76. The minimum atomic E-state index is -4.59. The summed E-state index contributed by atoms with van der Waals surface area (Å²) in [5.74, 6) is -0.823. The Kier molecular flexibility index (Phi) is 4.64. The molecule has 0 saturated heterocycles. The van der Waals surface area contributed by atoms with E-state index in [1.165, 1.54) is 0 Å². The summed E-state index contributed by atoms with van der Waals surface area (Å²) in [6.07, 6.45) is -4.24. The van der Waals surface area contributed by atoms with Gasteiger partial charge < -0.3 is 5.73 Å². The highest BCUT2D eigenvalue weighted by Crippen LogP contribution is 2.32. The van der Waals surface area contributed by atoms with Crippen molar-refractivity contribution < 1.29 is 21.6 Å². The van der Waals surface area contributed by atoms with Crippen LogP contribution in [0.1, 0.15) is 24.5 Å². The Morgan fingerprint density at radius 1 is 1.40 bits per heavy atom. The number of rotatable bonds is 5. The molecule has 0 heterocycles. The van der Waals surface area contributed by atoms with Crippen molar-refractivity contribution >= 4 is 21.5 Å². The first-order valence-corrected chi connectivity index (χ1v) is 7.28. The second kappa shape index (κ2) is 5.70. The van der Waals surface area contributed by atoms with Crippen molar-refractivity contribution in [3.8, 4) is 0 Å². The maximum absolute atomic E-state index is 12.6. The maximum atomic E-state index is 12.6. The highest BCUT2D eigenvalue weighted by atomic mass is 32.2. The zero-order valence-corrected chi connectivity index (χ0v) is 11.4.